The molecule has 36 heavy (non-hydrogen) atoms. The topological polar surface area (TPSA) is 165 Å². The summed E-state index contributed by atoms with van der Waals surface area (Å²) in [6.45, 7) is 0.258. The molecule has 13 nitrogen and oxygen atoms in total. The molecule has 5 heterocycles. The summed E-state index contributed by atoms with van der Waals surface area (Å²) in [5.41, 5.74) is 11.0. The third-order valence-electron chi connectivity index (χ3n) is 6.28. The van der Waals surface area contributed by atoms with Crippen LogP contribution in [0.25, 0.3) is 16.1 Å². The van der Waals surface area contributed by atoms with Gasteiger partial charge in [0.2, 0.25) is 23.8 Å². The molecule has 14 heteroatoms. The second kappa shape index (κ2) is 8.82. The highest BCUT2D eigenvalue weighted by atomic mass is 19.1. The van der Waals surface area contributed by atoms with Gasteiger partial charge in [-0.1, -0.05) is 5.11 Å². The van der Waals surface area contributed by atoms with Gasteiger partial charge in [-0.25, -0.2) is 4.98 Å². The first-order valence-electron chi connectivity index (χ1n) is 11.5. The van der Waals surface area contributed by atoms with E-state index in [0.29, 0.717) is 35.0 Å². The Morgan fingerprint density at radius 3 is 2.94 bits per heavy atom. The van der Waals surface area contributed by atoms with Crippen molar-refractivity contribution in [2.24, 2.45) is 5.11 Å². The minimum atomic E-state index is -0.720. The predicted molar refractivity (Wildman–Crippen MR) is 128 cm³/mol. The molecule has 2 atom stereocenters. The van der Waals surface area contributed by atoms with E-state index in [9.17, 15) is 9.18 Å². The number of azide groups is 1. The van der Waals surface area contributed by atoms with Crippen molar-refractivity contribution in [2.75, 3.05) is 22.1 Å². The Morgan fingerprint density at radius 2 is 2.17 bits per heavy atom. The SMILES string of the molecule is [N-]=[N+]=N[C@H]1C[C@@H](C(=O)Nc2ccc(F)nc2)N(c2nc(Nc3cc(C4CC4)[nH]n3)n3cccc3n2)C1. The van der Waals surface area contributed by atoms with Gasteiger partial charge in [0.15, 0.2) is 5.82 Å². The number of nitrogens with one attached hydrogen (secondary N) is 3. The number of carbonyl (C=O) groups excluding carboxylic acids is 1. The molecule has 0 spiro atoms. The zero-order valence-corrected chi connectivity index (χ0v) is 18.9. The van der Waals surface area contributed by atoms with Gasteiger partial charge in [-0.3, -0.25) is 14.3 Å². The van der Waals surface area contributed by atoms with Crippen LogP contribution in [0.2, 0.25) is 0 Å². The van der Waals surface area contributed by atoms with E-state index in [4.69, 9.17) is 10.5 Å². The van der Waals surface area contributed by atoms with Crippen LogP contribution in [-0.4, -0.2) is 54.1 Å². The maximum Gasteiger partial charge on any atom is 0.247 e. The van der Waals surface area contributed by atoms with Gasteiger partial charge >= 0.3 is 0 Å². The van der Waals surface area contributed by atoms with Gasteiger partial charge in [0.25, 0.3) is 0 Å². The second-order valence-electron chi connectivity index (χ2n) is 8.81. The Hall–Kier alpha value is -4.71. The van der Waals surface area contributed by atoms with Gasteiger partial charge in [0.1, 0.15) is 11.7 Å². The first kappa shape index (κ1) is 21.8. The summed E-state index contributed by atoms with van der Waals surface area (Å²) in [5.74, 6) is 0.918. The Kier molecular flexibility index (Phi) is 5.34. The Labute approximate surface area is 203 Å². The number of nitrogens with zero attached hydrogens (tertiary/aromatic N) is 9. The molecule has 1 saturated heterocycles. The highest BCUT2D eigenvalue weighted by molar-refractivity contribution is 5.97. The third kappa shape index (κ3) is 4.25. The number of aromatic nitrogens is 6. The summed E-state index contributed by atoms with van der Waals surface area (Å²) in [6, 6.07) is 7.06. The molecule has 2 fully saturated rings. The summed E-state index contributed by atoms with van der Waals surface area (Å²) in [6.07, 6.45) is 5.64. The first-order valence-corrected chi connectivity index (χ1v) is 11.5. The van der Waals surface area contributed by atoms with E-state index >= 15 is 0 Å². The number of amides is 1. The number of halogens is 1. The largest absolute Gasteiger partial charge is 0.328 e. The number of hydrogen-bond acceptors (Lipinski definition) is 8. The van der Waals surface area contributed by atoms with Crippen molar-refractivity contribution in [2.45, 2.75) is 37.3 Å². The molecule has 6 rings (SSSR count). The summed E-state index contributed by atoms with van der Waals surface area (Å²) in [5, 5.41) is 17.2. The average molecular weight is 488 g/mol. The van der Waals surface area contributed by atoms with Crippen molar-refractivity contribution in [3.05, 3.63) is 64.8 Å². The van der Waals surface area contributed by atoms with Crippen LogP contribution in [0.4, 0.5) is 27.8 Å². The molecule has 4 aromatic heterocycles. The van der Waals surface area contributed by atoms with Crippen LogP contribution in [0.15, 0.2) is 47.8 Å². The van der Waals surface area contributed by atoms with Crippen LogP contribution in [0.3, 0.4) is 0 Å². The van der Waals surface area contributed by atoms with Crippen LogP contribution >= 0.6 is 0 Å². The average Bonchev–Trinajstić information content (AvgIpc) is 3.25. The van der Waals surface area contributed by atoms with Gasteiger partial charge in [-0.2, -0.15) is 19.5 Å². The number of hydrogen-bond donors (Lipinski definition) is 3. The maximum atomic E-state index is 13.2. The zero-order chi connectivity index (χ0) is 24.6. The van der Waals surface area contributed by atoms with Crippen LogP contribution in [-0.2, 0) is 4.79 Å². The van der Waals surface area contributed by atoms with Gasteiger partial charge in [-0.15, -0.1) is 0 Å². The zero-order valence-electron chi connectivity index (χ0n) is 18.9. The van der Waals surface area contributed by atoms with Gasteiger partial charge in [0.05, 0.1) is 17.9 Å². The number of fused-ring (bicyclic) bond motifs is 1. The summed E-state index contributed by atoms with van der Waals surface area (Å²) in [7, 11) is 0. The monoisotopic (exact) mass is 488 g/mol. The number of rotatable bonds is 7. The minimum absolute atomic E-state index is 0.258. The van der Waals surface area contributed by atoms with Crippen LogP contribution in [0.5, 0.6) is 0 Å². The fourth-order valence-corrected chi connectivity index (χ4v) is 4.37. The molecule has 1 aliphatic carbocycles. The van der Waals surface area contributed by atoms with Gasteiger partial charge < -0.3 is 15.5 Å². The molecule has 2 aliphatic rings. The quantitative estimate of drug-likeness (QED) is 0.155. The first-order chi connectivity index (χ1) is 17.6. The van der Waals surface area contributed by atoms with E-state index < -0.39 is 18.0 Å². The Morgan fingerprint density at radius 1 is 1.28 bits per heavy atom. The normalized spacial score (nSPS) is 19.3. The molecule has 0 bridgehead atoms. The van der Waals surface area contributed by atoms with E-state index in [1.165, 1.54) is 12.3 Å². The van der Waals surface area contributed by atoms with E-state index in [0.717, 1.165) is 24.6 Å². The molecule has 0 unspecified atom stereocenters. The van der Waals surface area contributed by atoms with Crippen molar-refractivity contribution in [1.82, 2.24) is 29.5 Å². The molecule has 0 aromatic carbocycles. The molecule has 0 radical (unpaired) electrons. The van der Waals surface area contributed by atoms with E-state index in [-0.39, 0.29) is 18.9 Å². The van der Waals surface area contributed by atoms with Crippen molar-refractivity contribution in [3.8, 4) is 0 Å². The molecule has 1 saturated carbocycles. The van der Waals surface area contributed by atoms with Crippen LogP contribution < -0.4 is 15.5 Å². The second-order valence-corrected chi connectivity index (χ2v) is 8.81. The van der Waals surface area contributed by atoms with Crippen molar-refractivity contribution < 1.29 is 9.18 Å². The number of H-pyrrole nitrogens is 1. The number of carbonyl (C=O) groups is 1. The van der Waals surface area contributed by atoms with Crippen molar-refractivity contribution in [3.63, 3.8) is 0 Å². The summed E-state index contributed by atoms with van der Waals surface area (Å²) in [4.78, 5) is 30.7. The fourth-order valence-electron chi connectivity index (χ4n) is 4.37. The molecular formula is C22H21FN12O. The van der Waals surface area contributed by atoms with E-state index in [2.05, 4.69) is 40.8 Å². The smallest absolute Gasteiger partial charge is 0.247 e. The lowest BCUT2D eigenvalue weighted by Crippen LogP contribution is -2.40. The fraction of sp³-hybridized carbons (Fsp3) is 0.318. The van der Waals surface area contributed by atoms with Crippen molar-refractivity contribution in [1.29, 1.82) is 0 Å². The van der Waals surface area contributed by atoms with Crippen LogP contribution in [0.1, 0.15) is 30.9 Å². The number of pyridine rings is 1. The third-order valence-corrected chi connectivity index (χ3v) is 6.28. The van der Waals surface area contributed by atoms with Gasteiger partial charge in [0, 0.05) is 35.3 Å². The van der Waals surface area contributed by atoms with E-state index in [1.807, 2.05) is 24.4 Å². The van der Waals surface area contributed by atoms with Crippen molar-refractivity contribution >= 4 is 35.0 Å². The number of aromatic amines is 1. The lowest BCUT2D eigenvalue weighted by atomic mass is 10.1. The highest BCUT2D eigenvalue weighted by Gasteiger charge is 2.38. The molecular weight excluding hydrogens is 467 g/mol. The maximum absolute atomic E-state index is 13.2. The molecule has 4 aromatic rings. The summed E-state index contributed by atoms with van der Waals surface area (Å²) >= 11 is 0. The van der Waals surface area contributed by atoms with Crippen LogP contribution in [0, 0.1) is 5.95 Å². The summed E-state index contributed by atoms with van der Waals surface area (Å²) < 4.78 is 15.0. The lowest BCUT2D eigenvalue weighted by molar-refractivity contribution is -0.117. The lowest BCUT2D eigenvalue weighted by Gasteiger charge is -2.24. The highest BCUT2D eigenvalue weighted by Crippen LogP contribution is 2.39. The minimum Gasteiger partial charge on any atom is -0.328 e. The van der Waals surface area contributed by atoms with Gasteiger partial charge in [-0.05, 0) is 49.1 Å². The predicted octanol–water partition coefficient (Wildman–Crippen LogP) is 3.50. The Bertz CT molecular complexity index is 1470. The number of anilines is 4. The Balaban J connectivity index is 1.32. The standard InChI is InChI=1S/C22H21FN12O/c23-17-6-5-13(10-25-17)26-20(36)16-8-14(30-33-24)11-35(16)22-28-19-2-1-7-34(19)21(29-22)27-18-9-15(31-32-18)12-3-4-12/h1-2,5-7,9-10,12,14,16H,3-4,8,11H2,(H,26,36)(H2,27,28,29,31,32)/t14-,16-/m0/s1. The van der Waals surface area contributed by atoms with E-state index in [1.54, 1.807) is 9.30 Å². The molecule has 1 amide bonds. The molecule has 3 N–H and O–H groups in total. The molecule has 1 aliphatic heterocycles. The molecule has 182 valence electrons.